The van der Waals surface area contributed by atoms with E-state index in [2.05, 4.69) is 18.3 Å². The summed E-state index contributed by atoms with van der Waals surface area (Å²) in [5, 5.41) is 3.51. The zero-order valence-electron chi connectivity index (χ0n) is 13.2. The number of hydrogen-bond donors (Lipinski definition) is 1. The number of methoxy groups -OCH3 is 2. The zero-order chi connectivity index (χ0) is 15.0. The Morgan fingerprint density at radius 3 is 2.35 bits per heavy atom. The summed E-state index contributed by atoms with van der Waals surface area (Å²) in [6, 6.07) is 6.35. The molecule has 1 aromatic rings. The van der Waals surface area contributed by atoms with E-state index in [-0.39, 0.29) is 6.10 Å². The van der Waals surface area contributed by atoms with Gasteiger partial charge in [-0.3, -0.25) is 0 Å². The van der Waals surface area contributed by atoms with Crippen LogP contribution < -0.4 is 14.8 Å². The summed E-state index contributed by atoms with van der Waals surface area (Å²) in [5.41, 5.74) is 1.20. The average Bonchev–Trinajstić information content (AvgIpc) is 2.46. The van der Waals surface area contributed by atoms with Gasteiger partial charge in [0, 0.05) is 12.6 Å². The lowest BCUT2D eigenvalue weighted by atomic mass is 10.0. The molecule has 0 spiro atoms. The van der Waals surface area contributed by atoms with Crippen LogP contribution in [0.3, 0.4) is 0 Å². The smallest absolute Gasteiger partial charge is 0.161 e. The first-order valence-electron chi connectivity index (χ1n) is 7.19. The van der Waals surface area contributed by atoms with E-state index in [0.29, 0.717) is 6.04 Å². The fraction of sp³-hybridized carbons (Fsp3) is 0.625. The van der Waals surface area contributed by atoms with Crippen LogP contribution >= 0.6 is 0 Å². The number of ether oxygens (including phenoxy) is 3. The molecule has 0 aliphatic carbocycles. The second-order valence-corrected chi connectivity index (χ2v) is 4.95. The number of hydrogen-bond acceptors (Lipinski definition) is 4. The molecule has 0 fully saturated rings. The minimum absolute atomic E-state index is 0.276. The summed E-state index contributed by atoms with van der Waals surface area (Å²) in [5.74, 6) is 1.53. The predicted octanol–water partition coefficient (Wildman–Crippen LogP) is 3.17. The summed E-state index contributed by atoms with van der Waals surface area (Å²) in [6.07, 6.45) is 1.29. The third-order valence-corrected chi connectivity index (χ3v) is 3.16. The van der Waals surface area contributed by atoms with E-state index in [4.69, 9.17) is 14.2 Å². The Hall–Kier alpha value is -1.26. The molecule has 0 amide bonds. The number of rotatable bonds is 9. The van der Waals surface area contributed by atoms with Crippen LogP contribution in [-0.2, 0) is 4.74 Å². The molecule has 1 N–H and O–H groups in total. The van der Waals surface area contributed by atoms with E-state index >= 15 is 0 Å². The van der Waals surface area contributed by atoms with Crippen molar-refractivity contribution in [2.75, 3.05) is 27.4 Å². The topological polar surface area (TPSA) is 39.7 Å². The van der Waals surface area contributed by atoms with Crippen LogP contribution in [0.15, 0.2) is 18.2 Å². The summed E-state index contributed by atoms with van der Waals surface area (Å²) < 4.78 is 16.2. The highest BCUT2D eigenvalue weighted by atomic mass is 16.5. The van der Waals surface area contributed by atoms with E-state index in [0.717, 1.165) is 31.1 Å². The molecule has 0 aromatic heterocycles. The van der Waals surface area contributed by atoms with Crippen LogP contribution in [0.25, 0.3) is 0 Å². The molecule has 0 heterocycles. The highest BCUT2D eigenvalue weighted by Gasteiger charge is 2.12. The molecule has 1 atom stereocenters. The van der Waals surface area contributed by atoms with Crippen LogP contribution in [0, 0.1) is 0 Å². The van der Waals surface area contributed by atoms with Crippen molar-refractivity contribution in [3.8, 4) is 11.5 Å². The van der Waals surface area contributed by atoms with E-state index in [9.17, 15) is 0 Å². The van der Waals surface area contributed by atoms with Crippen LogP contribution in [0.1, 0.15) is 38.8 Å². The van der Waals surface area contributed by atoms with Gasteiger partial charge < -0.3 is 19.5 Å². The summed E-state index contributed by atoms with van der Waals surface area (Å²) in [4.78, 5) is 0. The van der Waals surface area contributed by atoms with Gasteiger partial charge in [-0.15, -0.1) is 0 Å². The van der Waals surface area contributed by atoms with Crippen molar-refractivity contribution >= 4 is 0 Å². The number of nitrogens with one attached hydrogen (secondary N) is 1. The second-order valence-electron chi connectivity index (χ2n) is 4.95. The van der Waals surface area contributed by atoms with Gasteiger partial charge in [-0.2, -0.15) is 0 Å². The van der Waals surface area contributed by atoms with E-state index < -0.39 is 0 Å². The fourth-order valence-electron chi connectivity index (χ4n) is 2.10. The van der Waals surface area contributed by atoms with Gasteiger partial charge in [-0.05, 0) is 38.0 Å². The van der Waals surface area contributed by atoms with E-state index in [1.807, 2.05) is 26.0 Å². The molecular weight excluding hydrogens is 254 g/mol. The molecule has 0 saturated carbocycles. The van der Waals surface area contributed by atoms with Gasteiger partial charge in [0.05, 0.1) is 26.9 Å². The van der Waals surface area contributed by atoms with Crippen molar-refractivity contribution in [3.63, 3.8) is 0 Å². The SMILES string of the molecule is CCC(NCCOC(C)C)c1ccc(OC)c(OC)c1. The van der Waals surface area contributed by atoms with Gasteiger partial charge in [0.15, 0.2) is 11.5 Å². The summed E-state index contributed by atoms with van der Waals surface area (Å²) in [7, 11) is 3.31. The quantitative estimate of drug-likeness (QED) is 0.706. The first-order chi connectivity index (χ1) is 9.62. The predicted molar refractivity (Wildman–Crippen MR) is 81.7 cm³/mol. The van der Waals surface area contributed by atoms with Crippen molar-refractivity contribution < 1.29 is 14.2 Å². The van der Waals surface area contributed by atoms with Crippen molar-refractivity contribution in [2.45, 2.75) is 39.3 Å². The van der Waals surface area contributed by atoms with Crippen LogP contribution in [-0.4, -0.2) is 33.5 Å². The molecular formula is C16H27NO3. The van der Waals surface area contributed by atoms with Gasteiger partial charge in [0.25, 0.3) is 0 Å². The Balaban J connectivity index is 2.64. The summed E-state index contributed by atoms with van der Waals surface area (Å²) in [6.45, 7) is 7.82. The van der Waals surface area contributed by atoms with Gasteiger partial charge in [-0.1, -0.05) is 13.0 Å². The molecule has 0 radical (unpaired) electrons. The molecule has 1 unspecified atom stereocenters. The maximum absolute atomic E-state index is 5.55. The molecule has 114 valence electrons. The van der Waals surface area contributed by atoms with Crippen LogP contribution in [0.4, 0.5) is 0 Å². The average molecular weight is 281 g/mol. The van der Waals surface area contributed by atoms with Gasteiger partial charge in [0.2, 0.25) is 0 Å². The van der Waals surface area contributed by atoms with Crippen molar-refractivity contribution in [1.82, 2.24) is 5.32 Å². The van der Waals surface area contributed by atoms with Gasteiger partial charge in [-0.25, -0.2) is 0 Å². The van der Waals surface area contributed by atoms with Crippen molar-refractivity contribution in [1.29, 1.82) is 0 Å². The lowest BCUT2D eigenvalue weighted by Gasteiger charge is -2.19. The molecule has 1 aromatic carbocycles. The molecule has 4 nitrogen and oxygen atoms in total. The first-order valence-corrected chi connectivity index (χ1v) is 7.19. The molecule has 0 bridgehead atoms. The monoisotopic (exact) mass is 281 g/mol. The van der Waals surface area contributed by atoms with Crippen LogP contribution in [0.2, 0.25) is 0 Å². The van der Waals surface area contributed by atoms with Crippen molar-refractivity contribution in [2.24, 2.45) is 0 Å². The Bertz CT molecular complexity index is 393. The lowest BCUT2D eigenvalue weighted by molar-refractivity contribution is 0.0792. The fourth-order valence-corrected chi connectivity index (χ4v) is 2.10. The molecule has 0 aliphatic rings. The Kier molecular flexibility index (Phi) is 7.41. The molecule has 4 heteroatoms. The standard InChI is InChI=1S/C16H27NO3/c1-6-14(17-9-10-20-12(2)3)13-7-8-15(18-4)16(11-13)19-5/h7-8,11-12,14,17H,6,9-10H2,1-5H3. The largest absolute Gasteiger partial charge is 0.493 e. The first kappa shape index (κ1) is 16.8. The van der Waals surface area contributed by atoms with Crippen LogP contribution in [0.5, 0.6) is 11.5 Å². The zero-order valence-corrected chi connectivity index (χ0v) is 13.2. The minimum atomic E-state index is 0.276. The highest BCUT2D eigenvalue weighted by molar-refractivity contribution is 5.43. The highest BCUT2D eigenvalue weighted by Crippen LogP contribution is 2.30. The third kappa shape index (κ3) is 5.02. The second kappa shape index (κ2) is 8.82. The van der Waals surface area contributed by atoms with Gasteiger partial charge in [0.1, 0.15) is 0 Å². The van der Waals surface area contributed by atoms with E-state index in [1.165, 1.54) is 5.56 Å². The van der Waals surface area contributed by atoms with Crippen molar-refractivity contribution in [3.05, 3.63) is 23.8 Å². The Morgan fingerprint density at radius 1 is 1.10 bits per heavy atom. The lowest BCUT2D eigenvalue weighted by Crippen LogP contribution is -2.26. The third-order valence-electron chi connectivity index (χ3n) is 3.16. The molecule has 0 aliphatic heterocycles. The number of benzene rings is 1. The molecule has 1 rings (SSSR count). The Labute approximate surface area is 122 Å². The molecule has 0 saturated heterocycles. The maximum atomic E-state index is 5.55. The van der Waals surface area contributed by atoms with Gasteiger partial charge >= 0.3 is 0 Å². The van der Waals surface area contributed by atoms with E-state index in [1.54, 1.807) is 14.2 Å². The Morgan fingerprint density at radius 2 is 1.80 bits per heavy atom. The maximum Gasteiger partial charge on any atom is 0.161 e. The molecule has 20 heavy (non-hydrogen) atoms. The summed E-state index contributed by atoms with van der Waals surface area (Å²) >= 11 is 0. The normalized spacial score (nSPS) is 12.5. The minimum Gasteiger partial charge on any atom is -0.493 e.